The highest BCUT2D eigenvalue weighted by atomic mass is 35.5. The van der Waals surface area contributed by atoms with Gasteiger partial charge in [-0.15, -0.1) is 0 Å². The fourth-order valence-corrected chi connectivity index (χ4v) is 5.35. The fourth-order valence-electron chi connectivity index (χ4n) is 3.36. The van der Waals surface area contributed by atoms with Crippen LogP contribution in [0.2, 0.25) is 5.15 Å². The average Bonchev–Trinajstić information content (AvgIpc) is 2.88. The summed E-state index contributed by atoms with van der Waals surface area (Å²) in [6.45, 7) is 7.58. The Hall–Kier alpha value is -1.68. The van der Waals surface area contributed by atoms with Crippen LogP contribution in [0.4, 0.5) is 5.82 Å². The first kappa shape index (κ1) is 20.1. The zero-order valence-electron chi connectivity index (χ0n) is 15.8. The van der Waals surface area contributed by atoms with Crippen molar-refractivity contribution in [3.63, 3.8) is 0 Å². The standard InChI is InChI=1S/C17H25ClN6O2S/c1-13(21-27(25,26)16-14(2)20-22(3)17(16)18)12-23-8-10-24(11-9-23)15-6-4-5-7-19-15/h4-7,13,21H,8-12H2,1-3H3. The summed E-state index contributed by atoms with van der Waals surface area (Å²) in [6.07, 6.45) is 1.80. The largest absolute Gasteiger partial charge is 0.354 e. The Morgan fingerprint density at radius 1 is 1.26 bits per heavy atom. The van der Waals surface area contributed by atoms with Crippen molar-refractivity contribution in [3.05, 3.63) is 35.2 Å². The molecule has 8 nitrogen and oxygen atoms in total. The molecular weight excluding hydrogens is 388 g/mol. The molecule has 0 aliphatic carbocycles. The van der Waals surface area contributed by atoms with E-state index in [1.165, 1.54) is 4.68 Å². The summed E-state index contributed by atoms with van der Waals surface area (Å²) in [6, 6.07) is 5.65. The van der Waals surface area contributed by atoms with Gasteiger partial charge in [-0.05, 0) is 26.0 Å². The second-order valence-corrected chi connectivity index (χ2v) is 8.84. The first-order chi connectivity index (χ1) is 12.8. The Balaban J connectivity index is 1.56. The normalized spacial score (nSPS) is 17.3. The van der Waals surface area contributed by atoms with Gasteiger partial charge in [0.2, 0.25) is 10.0 Å². The lowest BCUT2D eigenvalue weighted by Gasteiger charge is -2.36. The van der Waals surface area contributed by atoms with E-state index in [2.05, 4.69) is 24.6 Å². The number of pyridine rings is 1. The third-order valence-corrected chi connectivity index (χ3v) is 6.89. The molecule has 0 bridgehead atoms. The second-order valence-electron chi connectivity index (χ2n) is 6.83. The van der Waals surface area contributed by atoms with Crippen LogP contribution in [-0.4, -0.2) is 66.8 Å². The van der Waals surface area contributed by atoms with Crippen LogP contribution in [0, 0.1) is 6.92 Å². The van der Waals surface area contributed by atoms with E-state index in [1.54, 1.807) is 20.2 Å². The van der Waals surface area contributed by atoms with E-state index >= 15 is 0 Å². The van der Waals surface area contributed by atoms with Gasteiger partial charge in [0, 0.05) is 52.0 Å². The Labute approximate surface area is 165 Å². The zero-order chi connectivity index (χ0) is 19.6. The highest BCUT2D eigenvalue weighted by molar-refractivity contribution is 7.89. The topological polar surface area (TPSA) is 83.4 Å². The van der Waals surface area contributed by atoms with Gasteiger partial charge in [-0.3, -0.25) is 9.58 Å². The summed E-state index contributed by atoms with van der Waals surface area (Å²) >= 11 is 6.11. The van der Waals surface area contributed by atoms with E-state index < -0.39 is 10.0 Å². The summed E-state index contributed by atoms with van der Waals surface area (Å²) in [7, 11) is -2.09. The minimum atomic E-state index is -3.72. The second kappa shape index (κ2) is 8.14. The van der Waals surface area contributed by atoms with E-state index in [4.69, 9.17) is 11.6 Å². The molecule has 0 aromatic carbocycles. The monoisotopic (exact) mass is 412 g/mol. The minimum absolute atomic E-state index is 0.0542. The molecule has 3 heterocycles. The van der Waals surface area contributed by atoms with Crippen molar-refractivity contribution in [2.45, 2.75) is 24.8 Å². The zero-order valence-corrected chi connectivity index (χ0v) is 17.3. The molecule has 0 spiro atoms. The first-order valence-electron chi connectivity index (χ1n) is 8.87. The number of piperazine rings is 1. The number of halogens is 1. The van der Waals surface area contributed by atoms with Crippen LogP contribution in [0.3, 0.4) is 0 Å². The number of rotatable bonds is 6. The van der Waals surface area contributed by atoms with Crippen LogP contribution in [0.5, 0.6) is 0 Å². The van der Waals surface area contributed by atoms with Gasteiger partial charge >= 0.3 is 0 Å². The van der Waals surface area contributed by atoms with Gasteiger partial charge in [-0.25, -0.2) is 18.1 Å². The molecule has 1 atom stereocenters. The Morgan fingerprint density at radius 3 is 2.52 bits per heavy atom. The van der Waals surface area contributed by atoms with Crippen LogP contribution in [0.1, 0.15) is 12.6 Å². The minimum Gasteiger partial charge on any atom is -0.354 e. The maximum Gasteiger partial charge on any atom is 0.245 e. The predicted molar refractivity (Wildman–Crippen MR) is 106 cm³/mol. The summed E-state index contributed by atoms with van der Waals surface area (Å²) in [5.41, 5.74) is 0.395. The molecule has 148 valence electrons. The molecule has 0 amide bonds. The molecule has 3 rings (SSSR count). The summed E-state index contributed by atoms with van der Waals surface area (Å²) < 4.78 is 29.5. The number of aromatic nitrogens is 3. The SMILES string of the molecule is Cc1nn(C)c(Cl)c1S(=O)(=O)NC(C)CN1CCN(c2ccccn2)CC1. The molecule has 1 unspecified atom stereocenters. The van der Waals surface area contributed by atoms with Gasteiger partial charge in [-0.1, -0.05) is 17.7 Å². The predicted octanol–water partition coefficient (Wildman–Crippen LogP) is 1.27. The average molecular weight is 413 g/mol. The van der Waals surface area contributed by atoms with Crippen molar-refractivity contribution in [1.29, 1.82) is 0 Å². The summed E-state index contributed by atoms with van der Waals surface area (Å²) in [5, 5.41) is 4.20. The number of hydrogen-bond donors (Lipinski definition) is 1. The lowest BCUT2D eigenvalue weighted by molar-refractivity contribution is 0.241. The molecule has 2 aromatic rings. The lowest BCUT2D eigenvalue weighted by atomic mass is 10.2. The molecule has 1 saturated heterocycles. The van der Waals surface area contributed by atoms with Crippen LogP contribution >= 0.6 is 11.6 Å². The van der Waals surface area contributed by atoms with Crippen molar-refractivity contribution in [3.8, 4) is 0 Å². The number of aryl methyl sites for hydroxylation is 2. The molecule has 10 heteroatoms. The van der Waals surface area contributed by atoms with Crippen molar-refractivity contribution in [1.82, 2.24) is 24.4 Å². The highest BCUT2D eigenvalue weighted by Gasteiger charge is 2.28. The van der Waals surface area contributed by atoms with E-state index in [1.807, 2.05) is 25.1 Å². The van der Waals surface area contributed by atoms with E-state index in [-0.39, 0.29) is 16.1 Å². The van der Waals surface area contributed by atoms with Crippen molar-refractivity contribution in [2.75, 3.05) is 37.6 Å². The van der Waals surface area contributed by atoms with Crippen LogP contribution < -0.4 is 9.62 Å². The van der Waals surface area contributed by atoms with E-state index in [0.29, 0.717) is 12.2 Å². The molecule has 0 saturated carbocycles. The molecule has 1 aliphatic rings. The summed E-state index contributed by atoms with van der Waals surface area (Å²) in [4.78, 5) is 8.93. The van der Waals surface area contributed by atoms with E-state index in [0.717, 1.165) is 32.0 Å². The van der Waals surface area contributed by atoms with Gasteiger partial charge < -0.3 is 4.90 Å². The van der Waals surface area contributed by atoms with Gasteiger partial charge in [-0.2, -0.15) is 5.10 Å². The number of nitrogens with zero attached hydrogens (tertiary/aromatic N) is 5. The quantitative estimate of drug-likeness (QED) is 0.769. The maximum atomic E-state index is 12.7. The molecule has 27 heavy (non-hydrogen) atoms. The number of anilines is 1. The number of nitrogens with one attached hydrogen (secondary N) is 1. The third kappa shape index (κ3) is 4.60. The molecule has 2 aromatic heterocycles. The van der Waals surface area contributed by atoms with Crippen LogP contribution in [0.25, 0.3) is 0 Å². The Morgan fingerprint density at radius 2 is 1.96 bits per heavy atom. The van der Waals surface area contributed by atoms with Gasteiger partial charge in [0.25, 0.3) is 0 Å². The van der Waals surface area contributed by atoms with Crippen LogP contribution in [-0.2, 0) is 17.1 Å². The van der Waals surface area contributed by atoms with Crippen molar-refractivity contribution in [2.24, 2.45) is 7.05 Å². The summed E-state index contributed by atoms with van der Waals surface area (Å²) in [5.74, 6) is 0.979. The van der Waals surface area contributed by atoms with Crippen LogP contribution in [0.15, 0.2) is 29.3 Å². The Kier molecular flexibility index (Phi) is 6.05. The number of hydrogen-bond acceptors (Lipinski definition) is 6. The lowest BCUT2D eigenvalue weighted by Crippen LogP contribution is -2.51. The molecule has 1 aliphatic heterocycles. The maximum absolute atomic E-state index is 12.7. The Bertz CT molecular complexity index is 878. The highest BCUT2D eigenvalue weighted by Crippen LogP contribution is 2.24. The molecule has 0 radical (unpaired) electrons. The van der Waals surface area contributed by atoms with E-state index in [9.17, 15) is 8.42 Å². The molecule has 1 fully saturated rings. The van der Waals surface area contributed by atoms with Crippen molar-refractivity contribution < 1.29 is 8.42 Å². The van der Waals surface area contributed by atoms with Gasteiger partial charge in [0.05, 0.1) is 5.69 Å². The third-order valence-electron chi connectivity index (χ3n) is 4.60. The number of sulfonamides is 1. The molecular formula is C17H25ClN6O2S. The van der Waals surface area contributed by atoms with Crippen molar-refractivity contribution >= 4 is 27.4 Å². The fraction of sp³-hybridized carbons (Fsp3) is 0.529. The smallest absolute Gasteiger partial charge is 0.245 e. The molecule has 1 N–H and O–H groups in total. The first-order valence-corrected chi connectivity index (χ1v) is 10.7. The van der Waals surface area contributed by atoms with Gasteiger partial charge in [0.15, 0.2) is 0 Å². The van der Waals surface area contributed by atoms with Gasteiger partial charge in [0.1, 0.15) is 15.9 Å².